The number of hydrogen-bond acceptors (Lipinski definition) is 5. The van der Waals surface area contributed by atoms with Gasteiger partial charge in [-0.3, -0.25) is 10.1 Å². The minimum atomic E-state index is -3.59. The monoisotopic (exact) mass is 471 g/mol. The lowest BCUT2D eigenvalue weighted by Crippen LogP contribution is -2.41. The predicted molar refractivity (Wildman–Crippen MR) is 130 cm³/mol. The van der Waals surface area contributed by atoms with Crippen LogP contribution in [-0.2, 0) is 10.0 Å². The van der Waals surface area contributed by atoms with E-state index in [1.165, 1.54) is 29.9 Å². The molecule has 1 aromatic heterocycles. The van der Waals surface area contributed by atoms with Crippen molar-refractivity contribution in [1.82, 2.24) is 9.29 Å². The zero-order chi connectivity index (χ0) is 22.9. The number of fused-ring (bicyclic) bond motifs is 1. The van der Waals surface area contributed by atoms with Crippen LogP contribution in [0.15, 0.2) is 41.3 Å². The highest BCUT2D eigenvalue weighted by Crippen LogP contribution is 2.30. The van der Waals surface area contributed by atoms with Crippen LogP contribution in [0.2, 0.25) is 0 Å². The smallest absolute Gasteiger partial charge is 0.257 e. The molecule has 1 amide bonds. The van der Waals surface area contributed by atoms with Gasteiger partial charge >= 0.3 is 0 Å². The van der Waals surface area contributed by atoms with Gasteiger partial charge < -0.3 is 0 Å². The second-order valence-electron chi connectivity index (χ2n) is 8.35. The number of carbonyl (C=O) groups excluding carboxylic acids is 1. The lowest BCUT2D eigenvalue weighted by molar-refractivity contribution is 0.102. The molecule has 0 radical (unpaired) electrons. The molecule has 32 heavy (non-hydrogen) atoms. The van der Waals surface area contributed by atoms with Gasteiger partial charge in [0.25, 0.3) is 5.91 Å². The molecule has 1 aliphatic carbocycles. The van der Waals surface area contributed by atoms with Gasteiger partial charge in [0.1, 0.15) is 0 Å². The second-order valence-corrected chi connectivity index (χ2v) is 11.3. The summed E-state index contributed by atoms with van der Waals surface area (Å²) < 4.78 is 29.1. The number of rotatable bonds is 6. The highest BCUT2D eigenvalue weighted by atomic mass is 32.2. The Balaban J connectivity index is 1.51. The minimum Gasteiger partial charge on any atom is -0.298 e. The highest BCUT2D eigenvalue weighted by Gasteiger charge is 2.31. The van der Waals surface area contributed by atoms with E-state index in [1.54, 1.807) is 16.4 Å². The van der Waals surface area contributed by atoms with Crippen molar-refractivity contribution in [1.29, 1.82) is 0 Å². The zero-order valence-electron chi connectivity index (χ0n) is 18.7. The number of nitrogens with zero attached hydrogens (tertiary/aromatic N) is 2. The van der Waals surface area contributed by atoms with Crippen LogP contribution in [0.3, 0.4) is 0 Å². The van der Waals surface area contributed by atoms with E-state index < -0.39 is 10.0 Å². The molecule has 1 N–H and O–H groups in total. The van der Waals surface area contributed by atoms with Crippen LogP contribution in [0.25, 0.3) is 10.2 Å². The van der Waals surface area contributed by atoms with Gasteiger partial charge in [-0.2, -0.15) is 4.31 Å². The molecule has 1 aliphatic rings. The molecule has 0 bridgehead atoms. The fraction of sp³-hybridized carbons (Fsp3) is 0.417. The van der Waals surface area contributed by atoms with Gasteiger partial charge in [0.15, 0.2) is 5.13 Å². The number of aromatic nitrogens is 1. The molecule has 1 fully saturated rings. The summed E-state index contributed by atoms with van der Waals surface area (Å²) in [4.78, 5) is 17.5. The van der Waals surface area contributed by atoms with E-state index in [0.717, 1.165) is 47.0 Å². The predicted octanol–water partition coefficient (Wildman–Crippen LogP) is 5.51. The first-order valence-electron chi connectivity index (χ1n) is 11.1. The number of thiazole rings is 1. The van der Waals surface area contributed by atoms with Crippen molar-refractivity contribution in [3.8, 4) is 0 Å². The van der Waals surface area contributed by atoms with Gasteiger partial charge in [0.05, 0.1) is 15.1 Å². The molecule has 4 rings (SSSR count). The van der Waals surface area contributed by atoms with Crippen molar-refractivity contribution < 1.29 is 13.2 Å². The molecule has 0 atom stereocenters. The Kier molecular flexibility index (Phi) is 6.65. The highest BCUT2D eigenvalue weighted by molar-refractivity contribution is 7.89. The van der Waals surface area contributed by atoms with Crippen molar-refractivity contribution in [3.05, 3.63) is 53.1 Å². The average Bonchev–Trinajstić information content (AvgIpc) is 3.21. The molecule has 1 saturated carbocycles. The molecular formula is C24H29N3O3S2. The van der Waals surface area contributed by atoms with Crippen LogP contribution in [0.4, 0.5) is 5.13 Å². The molecule has 6 nitrogen and oxygen atoms in total. The fourth-order valence-electron chi connectivity index (χ4n) is 4.36. The molecule has 0 spiro atoms. The standard InChI is InChI=1S/C24H29N3O3S2/c1-4-27(19-8-6-5-7-9-19)32(29,30)20-13-11-18(12-14-20)23(28)26-24-25-22-17(3)16(2)10-15-21(22)31-24/h10-15,19H,4-9H2,1-3H3,(H,25,26,28). The largest absolute Gasteiger partial charge is 0.298 e. The van der Waals surface area contributed by atoms with E-state index in [1.807, 2.05) is 32.9 Å². The maximum atomic E-state index is 13.2. The molecule has 8 heteroatoms. The van der Waals surface area contributed by atoms with Gasteiger partial charge in [0, 0.05) is 18.2 Å². The Bertz CT molecular complexity index is 1230. The van der Waals surface area contributed by atoms with Crippen LogP contribution in [-0.4, -0.2) is 36.2 Å². The average molecular weight is 472 g/mol. The Morgan fingerprint density at radius 1 is 1.09 bits per heavy atom. The van der Waals surface area contributed by atoms with Crippen molar-refractivity contribution in [2.24, 2.45) is 0 Å². The maximum absolute atomic E-state index is 13.2. The molecule has 2 aromatic carbocycles. The summed E-state index contributed by atoms with van der Waals surface area (Å²) in [6.45, 7) is 6.39. The molecule has 170 valence electrons. The zero-order valence-corrected chi connectivity index (χ0v) is 20.4. The third kappa shape index (κ3) is 4.44. The van der Waals surface area contributed by atoms with E-state index in [9.17, 15) is 13.2 Å². The van der Waals surface area contributed by atoms with Crippen LogP contribution in [0, 0.1) is 13.8 Å². The first-order chi connectivity index (χ1) is 15.3. The normalized spacial score (nSPS) is 15.4. The number of sulfonamides is 1. The molecule has 0 unspecified atom stereocenters. The summed E-state index contributed by atoms with van der Waals surface area (Å²) >= 11 is 1.43. The van der Waals surface area contributed by atoms with E-state index in [4.69, 9.17) is 0 Å². The van der Waals surface area contributed by atoms with Gasteiger partial charge in [-0.25, -0.2) is 13.4 Å². The molecule has 0 aliphatic heterocycles. The Morgan fingerprint density at radius 3 is 2.44 bits per heavy atom. The molecule has 3 aromatic rings. The Morgan fingerprint density at radius 2 is 1.78 bits per heavy atom. The molecular weight excluding hydrogens is 442 g/mol. The summed E-state index contributed by atoms with van der Waals surface area (Å²) in [5.41, 5.74) is 3.56. The fourth-order valence-corrected chi connectivity index (χ4v) is 6.97. The quantitative estimate of drug-likeness (QED) is 0.514. The lowest BCUT2D eigenvalue weighted by Gasteiger charge is -2.32. The SMILES string of the molecule is CCN(C1CCCCC1)S(=O)(=O)c1ccc(C(=O)Nc2nc3c(C)c(C)ccc3s2)cc1. The summed E-state index contributed by atoms with van der Waals surface area (Å²) in [5, 5.41) is 3.38. The van der Waals surface area contributed by atoms with Crippen LogP contribution in [0.1, 0.15) is 60.5 Å². The second kappa shape index (κ2) is 9.29. The van der Waals surface area contributed by atoms with Gasteiger partial charge in [-0.05, 0) is 68.1 Å². The summed E-state index contributed by atoms with van der Waals surface area (Å²) in [6, 6.07) is 10.3. The number of carbonyl (C=O) groups is 1. The summed E-state index contributed by atoms with van der Waals surface area (Å²) in [6.07, 6.45) is 5.14. The maximum Gasteiger partial charge on any atom is 0.257 e. The molecule has 0 saturated heterocycles. The Hall–Kier alpha value is -2.29. The van der Waals surface area contributed by atoms with E-state index >= 15 is 0 Å². The van der Waals surface area contributed by atoms with Crippen LogP contribution in [0.5, 0.6) is 0 Å². The number of nitrogens with one attached hydrogen (secondary N) is 1. The van der Waals surface area contributed by atoms with Crippen molar-refractivity contribution >= 4 is 42.6 Å². The van der Waals surface area contributed by atoms with Crippen LogP contribution < -0.4 is 5.32 Å². The van der Waals surface area contributed by atoms with Crippen molar-refractivity contribution in [2.45, 2.75) is 63.8 Å². The van der Waals surface area contributed by atoms with Crippen molar-refractivity contribution in [2.75, 3.05) is 11.9 Å². The van der Waals surface area contributed by atoms with Crippen LogP contribution >= 0.6 is 11.3 Å². The number of hydrogen-bond donors (Lipinski definition) is 1. The van der Waals surface area contributed by atoms with Gasteiger partial charge in [0.2, 0.25) is 10.0 Å². The third-order valence-electron chi connectivity index (χ3n) is 6.32. The first kappa shape index (κ1) is 22.9. The lowest BCUT2D eigenvalue weighted by atomic mass is 9.95. The third-order valence-corrected chi connectivity index (χ3v) is 9.30. The van der Waals surface area contributed by atoms with Gasteiger partial charge in [-0.1, -0.05) is 43.6 Å². The Labute approximate surface area is 193 Å². The summed E-state index contributed by atoms with van der Waals surface area (Å²) in [5.74, 6) is -0.304. The number of aryl methyl sites for hydroxylation is 2. The number of anilines is 1. The van der Waals surface area contributed by atoms with Crippen molar-refractivity contribution in [3.63, 3.8) is 0 Å². The van der Waals surface area contributed by atoms with E-state index in [0.29, 0.717) is 17.2 Å². The minimum absolute atomic E-state index is 0.0628. The first-order valence-corrected chi connectivity index (χ1v) is 13.4. The van der Waals surface area contributed by atoms with E-state index in [2.05, 4.69) is 10.3 Å². The van der Waals surface area contributed by atoms with Gasteiger partial charge in [-0.15, -0.1) is 0 Å². The molecule has 1 heterocycles. The number of amides is 1. The van der Waals surface area contributed by atoms with E-state index in [-0.39, 0.29) is 16.8 Å². The summed E-state index contributed by atoms with van der Waals surface area (Å²) in [7, 11) is -3.59. The number of benzene rings is 2. The topological polar surface area (TPSA) is 79.4 Å².